The van der Waals surface area contributed by atoms with Gasteiger partial charge in [-0.3, -0.25) is 14.9 Å². The minimum Gasteiger partial charge on any atom is -0.489 e. The lowest BCUT2D eigenvalue weighted by molar-refractivity contribution is -0.140. The number of hydrogen-bond acceptors (Lipinski definition) is 6. The summed E-state index contributed by atoms with van der Waals surface area (Å²) in [7, 11) is 1.71. The average molecular weight is 798 g/mol. The van der Waals surface area contributed by atoms with Crippen molar-refractivity contribution in [3.63, 3.8) is 0 Å². The minimum atomic E-state index is -0.950. The molecule has 0 saturated heterocycles. The largest absolute Gasteiger partial charge is 0.489 e. The van der Waals surface area contributed by atoms with E-state index in [1.54, 1.807) is 24.5 Å². The smallest absolute Gasteiger partial charge is 0.243 e. The summed E-state index contributed by atoms with van der Waals surface area (Å²) < 4.78 is 11.9. The summed E-state index contributed by atoms with van der Waals surface area (Å²) in [5.74, 6) is 0.186. The number of nitrogens with one attached hydrogen (secondary N) is 3. The lowest BCUT2D eigenvalue weighted by Gasteiger charge is -2.41. The average Bonchev–Trinajstić information content (AvgIpc) is 3.83. The maximum Gasteiger partial charge on any atom is 0.243 e. The Morgan fingerprint density at radius 2 is 1.17 bits per heavy atom. The van der Waals surface area contributed by atoms with Crippen molar-refractivity contribution in [2.24, 2.45) is 0 Å². The molecule has 0 saturated carbocycles. The van der Waals surface area contributed by atoms with Crippen molar-refractivity contribution < 1.29 is 19.1 Å². The van der Waals surface area contributed by atoms with Crippen LogP contribution in [0.4, 0.5) is 0 Å². The molecule has 9 heteroatoms. The van der Waals surface area contributed by atoms with Gasteiger partial charge in [0, 0.05) is 38.3 Å². The van der Waals surface area contributed by atoms with E-state index in [2.05, 4.69) is 57.0 Å². The molecule has 2 atom stereocenters. The van der Waals surface area contributed by atoms with Gasteiger partial charge in [-0.15, -0.1) is 0 Å². The zero-order valence-electron chi connectivity index (χ0n) is 33.8. The van der Waals surface area contributed by atoms with E-state index in [1.165, 1.54) is 0 Å². The summed E-state index contributed by atoms with van der Waals surface area (Å²) >= 11 is 0. The fourth-order valence-electron chi connectivity index (χ4n) is 7.51. The maximum absolute atomic E-state index is 15.3. The summed E-state index contributed by atoms with van der Waals surface area (Å²) in [5, 5.41) is 6.96. The van der Waals surface area contributed by atoms with Crippen LogP contribution in [0.5, 0.6) is 5.75 Å². The molecule has 7 rings (SSSR count). The summed E-state index contributed by atoms with van der Waals surface area (Å²) in [6.45, 7) is 1.47. The number of ether oxygens (including phenoxy) is 2. The molecule has 1 unspecified atom stereocenters. The molecular weight excluding hydrogens is 747 g/mol. The fraction of sp³-hybridized carbons (Fsp3) is 0.196. The van der Waals surface area contributed by atoms with Crippen molar-refractivity contribution in [3.05, 3.63) is 228 Å². The van der Waals surface area contributed by atoms with Crippen LogP contribution in [0.1, 0.15) is 39.1 Å². The Morgan fingerprint density at radius 1 is 0.650 bits per heavy atom. The van der Waals surface area contributed by atoms with Gasteiger partial charge in [0.2, 0.25) is 11.8 Å². The van der Waals surface area contributed by atoms with Crippen LogP contribution in [-0.4, -0.2) is 59.0 Å². The second kappa shape index (κ2) is 20.7. The number of carbonyl (C=O) groups excluding carboxylic acids is 2. The molecular formula is C51H51N5O4. The van der Waals surface area contributed by atoms with Crippen molar-refractivity contribution in [3.8, 4) is 5.75 Å². The van der Waals surface area contributed by atoms with Crippen molar-refractivity contribution in [2.75, 3.05) is 20.2 Å². The van der Waals surface area contributed by atoms with E-state index in [9.17, 15) is 4.79 Å². The molecule has 1 aromatic heterocycles. The van der Waals surface area contributed by atoms with Gasteiger partial charge in [-0.05, 0) is 45.5 Å². The van der Waals surface area contributed by atoms with Crippen LogP contribution >= 0.6 is 0 Å². The van der Waals surface area contributed by atoms with Crippen molar-refractivity contribution in [2.45, 2.75) is 43.7 Å². The third-order valence-corrected chi connectivity index (χ3v) is 10.7. The zero-order chi connectivity index (χ0) is 41.4. The first-order valence-electron chi connectivity index (χ1n) is 20.3. The van der Waals surface area contributed by atoms with E-state index in [0.717, 1.165) is 39.1 Å². The van der Waals surface area contributed by atoms with Crippen molar-refractivity contribution in [1.29, 1.82) is 0 Å². The van der Waals surface area contributed by atoms with Crippen LogP contribution in [0.25, 0.3) is 0 Å². The molecule has 60 heavy (non-hydrogen) atoms. The van der Waals surface area contributed by atoms with Gasteiger partial charge in [-0.25, -0.2) is 4.98 Å². The summed E-state index contributed by atoms with van der Waals surface area (Å²) in [4.78, 5) is 38.7. The predicted molar refractivity (Wildman–Crippen MR) is 235 cm³/mol. The van der Waals surface area contributed by atoms with Gasteiger partial charge in [0.15, 0.2) is 0 Å². The second-order valence-electron chi connectivity index (χ2n) is 14.7. The second-order valence-corrected chi connectivity index (χ2v) is 14.7. The van der Waals surface area contributed by atoms with E-state index >= 15 is 4.79 Å². The van der Waals surface area contributed by atoms with Crippen LogP contribution in [0.15, 0.2) is 188 Å². The number of hydrogen-bond donors (Lipinski definition) is 3. The number of amides is 2. The van der Waals surface area contributed by atoms with Gasteiger partial charge < -0.3 is 24.7 Å². The Hall–Kier alpha value is -6.81. The highest BCUT2D eigenvalue weighted by Crippen LogP contribution is 2.38. The monoisotopic (exact) mass is 797 g/mol. The Bertz CT molecular complexity index is 2230. The molecule has 0 radical (unpaired) electrons. The Morgan fingerprint density at radius 3 is 1.68 bits per heavy atom. The fourth-order valence-corrected chi connectivity index (χ4v) is 7.51. The van der Waals surface area contributed by atoms with Gasteiger partial charge in [0.25, 0.3) is 0 Å². The van der Waals surface area contributed by atoms with Crippen LogP contribution in [0, 0.1) is 0 Å². The molecule has 0 spiro atoms. The Kier molecular flexibility index (Phi) is 14.3. The van der Waals surface area contributed by atoms with Crippen molar-refractivity contribution in [1.82, 2.24) is 25.5 Å². The molecule has 7 aromatic rings. The van der Waals surface area contributed by atoms with Gasteiger partial charge in [0.05, 0.1) is 31.1 Å². The number of imidazole rings is 1. The molecule has 304 valence electrons. The highest BCUT2D eigenvalue weighted by molar-refractivity contribution is 5.90. The quantitative estimate of drug-likeness (QED) is 0.0535. The van der Waals surface area contributed by atoms with Crippen molar-refractivity contribution >= 4 is 11.8 Å². The molecule has 2 amide bonds. The lowest BCUT2D eigenvalue weighted by Crippen LogP contribution is -2.59. The van der Waals surface area contributed by atoms with Crippen LogP contribution in [0.3, 0.4) is 0 Å². The normalized spacial score (nSPS) is 12.3. The predicted octanol–water partition coefficient (Wildman–Crippen LogP) is 7.88. The lowest BCUT2D eigenvalue weighted by atomic mass is 9.76. The minimum absolute atomic E-state index is 0.250. The first-order valence-corrected chi connectivity index (χ1v) is 20.3. The van der Waals surface area contributed by atoms with Gasteiger partial charge in [-0.1, -0.05) is 164 Å². The van der Waals surface area contributed by atoms with Gasteiger partial charge in [-0.2, -0.15) is 0 Å². The zero-order valence-corrected chi connectivity index (χ0v) is 33.8. The summed E-state index contributed by atoms with van der Waals surface area (Å²) in [6, 6.07) is 56.5. The number of carbonyl (C=O) groups is 2. The van der Waals surface area contributed by atoms with Crippen LogP contribution in [0.2, 0.25) is 0 Å². The van der Waals surface area contributed by atoms with E-state index in [0.29, 0.717) is 25.6 Å². The molecule has 0 aliphatic rings. The van der Waals surface area contributed by atoms with Crippen LogP contribution < -0.4 is 15.4 Å². The maximum atomic E-state index is 15.3. The van der Waals surface area contributed by atoms with E-state index in [-0.39, 0.29) is 31.2 Å². The molecule has 0 fully saturated rings. The van der Waals surface area contributed by atoms with E-state index in [1.807, 2.05) is 140 Å². The van der Waals surface area contributed by atoms with E-state index < -0.39 is 17.6 Å². The molecule has 0 aliphatic carbocycles. The standard InChI is InChI=1S/C51H51N5O4/c1-56(48(49(57)53-31-32-59-36-40-17-7-2-8-18-40)33-39-27-29-46(30-28-39)60-37-41-19-9-3-10-20-41)50(58)47(34-45-35-52-38-54-45)55-51(42-21-11-4-12-22-42,43-23-13-5-14-24-43)44-25-15-6-16-26-44/h2-30,35,38,47-48,55H,31-34,36-37H2,1H3,(H,52,54)(H,53,57)/t47-,48?/m0/s1. The Balaban J connectivity index is 1.18. The van der Waals surface area contributed by atoms with Gasteiger partial charge >= 0.3 is 0 Å². The van der Waals surface area contributed by atoms with E-state index in [4.69, 9.17) is 9.47 Å². The number of likely N-dealkylation sites (N-methyl/N-ethyl adjacent to an activating group) is 1. The highest BCUT2D eigenvalue weighted by Gasteiger charge is 2.42. The third kappa shape index (κ3) is 10.6. The Labute approximate surface area is 352 Å². The topological polar surface area (TPSA) is 109 Å². The number of aromatic nitrogens is 2. The van der Waals surface area contributed by atoms with Crippen LogP contribution in [-0.2, 0) is 45.9 Å². The molecule has 9 nitrogen and oxygen atoms in total. The number of rotatable bonds is 20. The first-order chi connectivity index (χ1) is 29.5. The summed E-state index contributed by atoms with van der Waals surface area (Å²) in [5.41, 5.74) is 5.73. The first kappa shape index (κ1) is 41.4. The number of H-pyrrole nitrogens is 1. The molecule has 3 N–H and O–H groups in total. The highest BCUT2D eigenvalue weighted by atomic mass is 16.5. The summed E-state index contributed by atoms with van der Waals surface area (Å²) in [6.07, 6.45) is 3.91. The molecule has 1 heterocycles. The van der Waals surface area contributed by atoms with Gasteiger partial charge in [0.1, 0.15) is 18.4 Å². The molecule has 0 bridgehead atoms. The number of aromatic amines is 1. The third-order valence-electron chi connectivity index (χ3n) is 10.7. The molecule has 6 aromatic carbocycles. The SMILES string of the molecule is CN(C(=O)[C@H](Cc1cnc[nH]1)NC(c1ccccc1)(c1ccccc1)c1ccccc1)C(Cc1ccc(OCc2ccccc2)cc1)C(=O)NCCOCc1ccccc1. The number of benzene rings is 6. The molecule has 0 aliphatic heterocycles. The number of nitrogens with zero attached hydrogens (tertiary/aromatic N) is 2.